The lowest BCUT2D eigenvalue weighted by molar-refractivity contribution is -0.137. The summed E-state index contributed by atoms with van der Waals surface area (Å²) < 4.78 is 0. The second-order valence-electron chi connectivity index (χ2n) is 6.84. The van der Waals surface area contributed by atoms with Gasteiger partial charge >= 0.3 is 5.97 Å². The van der Waals surface area contributed by atoms with Crippen LogP contribution in [0.2, 0.25) is 0 Å². The molecule has 1 aromatic carbocycles. The van der Waals surface area contributed by atoms with Gasteiger partial charge in [0, 0.05) is 57.2 Å². The molecule has 26 heavy (non-hydrogen) atoms. The van der Waals surface area contributed by atoms with Crippen molar-refractivity contribution in [2.75, 3.05) is 31.1 Å². The first-order valence-electron chi connectivity index (χ1n) is 9.38. The zero-order chi connectivity index (χ0) is 18.2. The molecule has 3 rings (SSSR count). The van der Waals surface area contributed by atoms with Crippen LogP contribution in [0.15, 0.2) is 48.8 Å². The van der Waals surface area contributed by atoms with Crippen LogP contribution >= 0.6 is 0 Å². The van der Waals surface area contributed by atoms with E-state index in [0.29, 0.717) is 0 Å². The summed E-state index contributed by atoms with van der Waals surface area (Å²) in [5.41, 5.74) is 3.98. The van der Waals surface area contributed by atoms with Gasteiger partial charge in [0.25, 0.3) is 0 Å². The Labute approximate surface area is 155 Å². The van der Waals surface area contributed by atoms with Gasteiger partial charge in [-0.1, -0.05) is 24.3 Å². The molecule has 2 heterocycles. The van der Waals surface area contributed by atoms with Gasteiger partial charge in [-0.2, -0.15) is 0 Å². The third-order valence-corrected chi connectivity index (χ3v) is 5.00. The van der Waals surface area contributed by atoms with Crippen LogP contribution in [0.25, 0.3) is 0 Å². The summed E-state index contributed by atoms with van der Waals surface area (Å²) in [6.07, 6.45) is 6.59. The molecule has 5 nitrogen and oxygen atoms in total. The number of aryl methyl sites for hydroxylation is 1. The molecule has 2 aromatic rings. The molecule has 0 amide bonds. The van der Waals surface area contributed by atoms with E-state index in [4.69, 9.17) is 5.11 Å². The molecule has 0 unspecified atom stereocenters. The van der Waals surface area contributed by atoms with Gasteiger partial charge in [-0.05, 0) is 42.5 Å². The molecule has 1 aliphatic rings. The second kappa shape index (κ2) is 9.34. The van der Waals surface area contributed by atoms with Crippen molar-refractivity contribution in [2.45, 2.75) is 32.2 Å². The monoisotopic (exact) mass is 353 g/mol. The number of carboxylic acids is 1. The first kappa shape index (κ1) is 18.4. The zero-order valence-corrected chi connectivity index (χ0v) is 15.2. The van der Waals surface area contributed by atoms with Gasteiger partial charge in [-0.3, -0.25) is 14.7 Å². The molecule has 0 atom stereocenters. The van der Waals surface area contributed by atoms with Gasteiger partial charge in [0.2, 0.25) is 0 Å². The number of pyridine rings is 1. The molecule has 1 aliphatic heterocycles. The molecule has 1 aromatic heterocycles. The Morgan fingerprint density at radius 2 is 1.65 bits per heavy atom. The number of unbranched alkanes of at least 4 members (excludes halogenated alkanes) is 1. The smallest absolute Gasteiger partial charge is 0.303 e. The van der Waals surface area contributed by atoms with Crippen LogP contribution in [0.1, 0.15) is 30.4 Å². The third kappa shape index (κ3) is 5.30. The molecule has 0 aliphatic carbocycles. The Balaban J connectivity index is 1.51. The van der Waals surface area contributed by atoms with E-state index in [-0.39, 0.29) is 6.42 Å². The number of carboxylic acid groups (broad SMARTS) is 1. The van der Waals surface area contributed by atoms with E-state index >= 15 is 0 Å². The minimum Gasteiger partial charge on any atom is -0.481 e. The zero-order valence-electron chi connectivity index (χ0n) is 15.2. The Morgan fingerprint density at radius 3 is 2.35 bits per heavy atom. The Morgan fingerprint density at radius 1 is 0.962 bits per heavy atom. The van der Waals surface area contributed by atoms with Crippen LogP contribution in [0.4, 0.5) is 5.69 Å². The van der Waals surface area contributed by atoms with Gasteiger partial charge in [0.05, 0.1) is 0 Å². The van der Waals surface area contributed by atoms with Crippen molar-refractivity contribution >= 4 is 11.7 Å². The molecule has 1 fully saturated rings. The van der Waals surface area contributed by atoms with E-state index in [1.54, 1.807) is 0 Å². The van der Waals surface area contributed by atoms with Crippen LogP contribution in [-0.2, 0) is 17.8 Å². The number of benzene rings is 1. The summed E-state index contributed by atoms with van der Waals surface area (Å²) in [7, 11) is 0. The average Bonchev–Trinajstić information content (AvgIpc) is 2.67. The molecule has 138 valence electrons. The van der Waals surface area contributed by atoms with Gasteiger partial charge < -0.3 is 10.0 Å². The fraction of sp³-hybridized carbons (Fsp3) is 0.429. The Bertz CT molecular complexity index is 697. The quantitative estimate of drug-likeness (QED) is 0.739. The van der Waals surface area contributed by atoms with Gasteiger partial charge in [-0.15, -0.1) is 0 Å². The second-order valence-corrected chi connectivity index (χ2v) is 6.84. The summed E-state index contributed by atoms with van der Waals surface area (Å²) >= 11 is 0. The highest BCUT2D eigenvalue weighted by atomic mass is 16.4. The summed E-state index contributed by atoms with van der Waals surface area (Å²) in [6.45, 7) is 5.14. The van der Waals surface area contributed by atoms with E-state index in [1.807, 2.05) is 12.4 Å². The molecule has 0 radical (unpaired) electrons. The number of piperazine rings is 1. The average molecular weight is 353 g/mol. The highest BCUT2D eigenvalue weighted by Gasteiger charge is 2.18. The van der Waals surface area contributed by atoms with Crippen molar-refractivity contribution in [3.8, 4) is 0 Å². The normalized spacial score (nSPS) is 15.2. The molecule has 0 spiro atoms. The van der Waals surface area contributed by atoms with Crippen molar-refractivity contribution in [2.24, 2.45) is 0 Å². The highest BCUT2D eigenvalue weighted by Crippen LogP contribution is 2.19. The number of carbonyl (C=O) groups is 1. The maximum Gasteiger partial charge on any atom is 0.303 e. The Kier molecular flexibility index (Phi) is 6.61. The number of aliphatic carboxylic acids is 1. The van der Waals surface area contributed by atoms with Crippen molar-refractivity contribution in [3.63, 3.8) is 0 Å². The summed E-state index contributed by atoms with van der Waals surface area (Å²) in [5, 5.41) is 8.77. The number of aromatic nitrogens is 1. The summed E-state index contributed by atoms with van der Waals surface area (Å²) in [6, 6.07) is 12.7. The number of hydrogen-bond donors (Lipinski definition) is 1. The fourth-order valence-corrected chi connectivity index (χ4v) is 3.51. The topological polar surface area (TPSA) is 56.7 Å². The van der Waals surface area contributed by atoms with Crippen LogP contribution in [0.3, 0.4) is 0 Å². The summed E-state index contributed by atoms with van der Waals surface area (Å²) in [4.78, 5) is 19.7. The maximum absolute atomic E-state index is 10.7. The Hall–Kier alpha value is -2.40. The predicted octanol–water partition coefficient (Wildman–Crippen LogP) is 3.20. The van der Waals surface area contributed by atoms with Crippen molar-refractivity contribution in [1.29, 1.82) is 0 Å². The SMILES string of the molecule is O=C(O)CCCCc1ccccc1CN1CCN(c2ccncc2)CC1. The predicted molar refractivity (Wildman–Crippen MR) is 103 cm³/mol. The number of rotatable bonds is 8. The lowest BCUT2D eigenvalue weighted by atomic mass is 10.0. The minimum absolute atomic E-state index is 0.263. The van der Waals surface area contributed by atoms with Crippen molar-refractivity contribution in [3.05, 3.63) is 59.9 Å². The van der Waals surface area contributed by atoms with E-state index in [2.05, 4.69) is 51.2 Å². The standard InChI is InChI=1S/C21H27N3O2/c25-21(26)8-4-3-6-18-5-1-2-7-19(18)17-23-13-15-24(16-14-23)20-9-11-22-12-10-20/h1-2,5,7,9-12H,3-4,6,8,13-17H2,(H,25,26). The summed E-state index contributed by atoms with van der Waals surface area (Å²) in [5.74, 6) is -0.703. The molecule has 1 N–H and O–H groups in total. The van der Waals surface area contributed by atoms with E-state index < -0.39 is 5.97 Å². The maximum atomic E-state index is 10.7. The van der Waals surface area contributed by atoms with Crippen molar-refractivity contribution < 1.29 is 9.90 Å². The van der Waals surface area contributed by atoms with Crippen molar-refractivity contribution in [1.82, 2.24) is 9.88 Å². The van der Waals surface area contributed by atoms with Gasteiger partial charge in [-0.25, -0.2) is 0 Å². The molecule has 1 saturated heterocycles. The molecular weight excluding hydrogens is 326 g/mol. The molecule has 0 bridgehead atoms. The highest BCUT2D eigenvalue weighted by molar-refractivity contribution is 5.66. The number of hydrogen-bond acceptors (Lipinski definition) is 4. The molecular formula is C21H27N3O2. The largest absolute Gasteiger partial charge is 0.481 e. The minimum atomic E-state index is -0.703. The molecule has 5 heteroatoms. The molecule has 0 saturated carbocycles. The van der Waals surface area contributed by atoms with Gasteiger partial charge in [0.1, 0.15) is 0 Å². The van der Waals surface area contributed by atoms with Crippen LogP contribution < -0.4 is 4.90 Å². The third-order valence-electron chi connectivity index (χ3n) is 5.00. The van der Waals surface area contributed by atoms with E-state index in [1.165, 1.54) is 16.8 Å². The first-order valence-corrected chi connectivity index (χ1v) is 9.38. The fourth-order valence-electron chi connectivity index (χ4n) is 3.51. The van der Waals surface area contributed by atoms with Crippen LogP contribution in [-0.4, -0.2) is 47.1 Å². The number of anilines is 1. The number of nitrogens with zero attached hydrogens (tertiary/aromatic N) is 3. The van der Waals surface area contributed by atoms with Crippen LogP contribution in [0, 0.1) is 0 Å². The van der Waals surface area contributed by atoms with Crippen LogP contribution in [0.5, 0.6) is 0 Å². The van der Waals surface area contributed by atoms with Gasteiger partial charge in [0.15, 0.2) is 0 Å². The lowest BCUT2D eigenvalue weighted by Crippen LogP contribution is -2.46. The van der Waals surface area contributed by atoms with E-state index in [9.17, 15) is 4.79 Å². The first-order chi connectivity index (χ1) is 12.7. The lowest BCUT2D eigenvalue weighted by Gasteiger charge is -2.36. The van der Waals surface area contributed by atoms with E-state index in [0.717, 1.165) is 52.0 Å².